The van der Waals surface area contributed by atoms with Crippen molar-refractivity contribution < 1.29 is 0 Å². The van der Waals surface area contributed by atoms with Gasteiger partial charge in [-0.15, -0.1) is 0 Å². The molecule has 2 aromatic rings. The molecule has 1 aromatic heterocycles. The van der Waals surface area contributed by atoms with Gasteiger partial charge < -0.3 is 0 Å². The van der Waals surface area contributed by atoms with Crippen molar-refractivity contribution in [1.82, 2.24) is 9.78 Å². The minimum Gasteiger partial charge on any atom is -0.268 e. The lowest BCUT2D eigenvalue weighted by molar-refractivity contribution is 0.585. The quantitative estimate of drug-likeness (QED) is 0.768. The number of nitrogens with zero attached hydrogens (tertiary/aromatic N) is 2. The second-order valence-electron chi connectivity index (χ2n) is 5.56. The molecule has 0 saturated carbocycles. The third kappa shape index (κ3) is 2.76. The Bertz CT molecular complexity index is 489. The van der Waals surface area contributed by atoms with E-state index in [0.29, 0.717) is 0 Å². The highest BCUT2D eigenvalue weighted by Crippen LogP contribution is 2.24. The standard InChI is InChI=1S/C15H20N2/c1-12-14(15(2,3)4)11-17(16-12)10-13-8-6-5-7-9-13/h5-9,11H,10H2,1-4H3. The van der Waals surface area contributed by atoms with Gasteiger partial charge in [0.1, 0.15) is 0 Å². The van der Waals surface area contributed by atoms with Gasteiger partial charge in [0.05, 0.1) is 12.2 Å². The van der Waals surface area contributed by atoms with Gasteiger partial charge in [0.2, 0.25) is 0 Å². The zero-order chi connectivity index (χ0) is 12.5. The van der Waals surface area contributed by atoms with E-state index in [1.807, 2.05) is 10.7 Å². The van der Waals surface area contributed by atoms with Crippen molar-refractivity contribution in [2.75, 3.05) is 0 Å². The highest BCUT2D eigenvalue weighted by Gasteiger charge is 2.19. The summed E-state index contributed by atoms with van der Waals surface area (Å²) in [7, 11) is 0. The number of benzene rings is 1. The molecule has 0 N–H and O–H groups in total. The average Bonchev–Trinajstić information content (AvgIpc) is 2.60. The summed E-state index contributed by atoms with van der Waals surface area (Å²) < 4.78 is 2.03. The molecule has 0 aliphatic carbocycles. The van der Waals surface area contributed by atoms with Gasteiger partial charge >= 0.3 is 0 Å². The molecular formula is C15H20N2. The molecule has 0 aliphatic heterocycles. The predicted molar refractivity (Wildman–Crippen MR) is 71.2 cm³/mol. The SMILES string of the molecule is Cc1nn(Cc2ccccc2)cc1C(C)(C)C. The van der Waals surface area contributed by atoms with E-state index in [1.165, 1.54) is 11.1 Å². The summed E-state index contributed by atoms with van der Waals surface area (Å²) in [6.07, 6.45) is 2.17. The van der Waals surface area contributed by atoms with E-state index in [9.17, 15) is 0 Å². The highest BCUT2D eigenvalue weighted by atomic mass is 15.3. The zero-order valence-corrected chi connectivity index (χ0v) is 11.1. The van der Waals surface area contributed by atoms with Gasteiger partial charge in [-0.2, -0.15) is 5.10 Å². The van der Waals surface area contributed by atoms with Crippen LogP contribution >= 0.6 is 0 Å². The van der Waals surface area contributed by atoms with Crippen molar-refractivity contribution in [3.05, 3.63) is 53.3 Å². The number of aromatic nitrogens is 2. The first-order valence-electron chi connectivity index (χ1n) is 6.05. The molecule has 17 heavy (non-hydrogen) atoms. The molecule has 90 valence electrons. The maximum atomic E-state index is 4.59. The average molecular weight is 228 g/mol. The minimum atomic E-state index is 0.166. The predicted octanol–water partition coefficient (Wildman–Crippen LogP) is 3.54. The molecule has 0 aliphatic rings. The summed E-state index contributed by atoms with van der Waals surface area (Å²) in [4.78, 5) is 0. The van der Waals surface area contributed by atoms with Crippen LogP contribution in [0.2, 0.25) is 0 Å². The molecule has 2 nitrogen and oxygen atoms in total. The van der Waals surface area contributed by atoms with Crippen molar-refractivity contribution in [2.45, 2.75) is 39.7 Å². The Balaban J connectivity index is 2.24. The van der Waals surface area contributed by atoms with Crippen LogP contribution in [0.1, 0.15) is 37.6 Å². The highest BCUT2D eigenvalue weighted by molar-refractivity contribution is 5.25. The maximum absolute atomic E-state index is 4.59. The van der Waals surface area contributed by atoms with E-state index in [-0.39, 0.29) is 5.41 Å². The van der Waals surface area contributed by atoms with Crippen molar-refractivity contribution >= 4 is 0 Å². The van der Waals surface area contributed by atoms with Gasteiger partial charge in [-0.1, -0.05) is 51.1 Å². The lowest BCUT2D eigenvalue weighted by Crippen LogP contribution is -2.11. The molecule has 0 unspecified atom stereocenters. The van der Waals surface area contributed by atoms with Crippen LogP contribution in [0.5, 0.6) is 0 Å². The lowest BCUT2D eigenvalue weighted by atomic mass is 9.88. The van der Waals surface area contributed by atoms with Gasteiger partial charge in [-0.3, -0.25) is 4.68 Å². The number of hydrogen-bond acceptors (Lipinski definition) is 1. The van der Waals surface area contributed by atoms with E-state index >= 15 is 0 Å². The largest absolute Gasteiger partial charge is 0.268 e. The van der Waals surface area contributed by atoms with Crippen molar-refractivity contribution in [2.24, 2.45) is 0 Å². The Morgan fingerprint density at radius 1 is 1.12 bits per heavy atom. The lowest BCUT2D eigenvalue weighted by Gasteiger charge is -2.16. The topological polar surface area (TPSA) is 17.8 Å². The summed E-state index contributed by atoms with van der Waals surface area (Å²) in [6, 6.07) is 10.4. The van der Waals surface area contributed by atoms with E-state index in [2.05, 4.69) is 63.3 Å². The van der Waals surface area contributed by atoms with Crippen LogP contribution in [0.15, 0.2) is 36.5 Å². The van der Waals surface area contributed by atoms with Gasteiger partial charge in [0.15, 0.2) is 0 Å². The molecule has 1 aromatic carbocycles. The molecule has 2 heteroatoms. The Morgan fingerprint density at radius 2 is 1.76 bits per heavy atom. The Kier molecular flexibility index (Phi) is 3.05. The van der Waals surface area contributed by atoms with Gasteiger partial charge in [0, 0.05) is 6.20 Å². The third-order valence-electron chi connectivity index (χ3n) is 2.94. The van der Waals surface area contributed by atoms with Gasteiger partial charge in [-0.25, -0.2) is 0 Å². The van der Waals surface area contributed by atoms with E-state index in [4.69, 9.17) is 0 Å². The normalized spacial score (nSPS) is 11.8. The third-order valence-corrected chi connectivity index (χ3v) is 2.94. The summed E-state index contributed by atoms with van der Waals surface area (Å²) >= 11 is 0. The second kappa shape index (κ2) is 4.36. The zero-order valence-electron chi connectivity index (χ0n) is 11.1. The molecule has 0 amide bonds. The fourth-order valence-corrected chi connectivity index (χ4v) is 2.11. The van der Waals surface area contributed by atoms with E-state index in [0.717, 1.165) is 12.2 Å². The molecule has 0 spiro atoms. The van der Waals surface area contributed by atoms with Crippen LogP contribution < -0.4 is 0 Å². The molecule has 2 rings (SSSR count). The monoisotopic (exact) mass is 228 g/mol. The fourth-order valence-electron chi connectivity index (χ4n) is 2.11. The summed E-state index contributed by atoms with van der Waals surface area (Å²) in [5.74, 6) is 0. The number of rotatable bonds is 2. The van der Waals surface area contributed by atoms with E-state index in [1.54, 1.807) is 0 Å². The molecule has 0 fully saturated rings. The summed E-state index contributed by atoms with van der Waals surface area (Å²) in [5.41, 5.74) is 3.91. The molecule has 1 heterocycles. The molecule has 0 saturated heterocycles. The Labute approximate surface area is 103 Å². The first-order chi connectivity index (χ1) is 7.97. The van der Waals surface area contributed by atoms with Crippen molar-refractivity contribution in [3.63, 3.8) is 0 Å². The van der Waals surface area contributed by atoms with Crippen LogP contribution in [0, 0.1) is 6.92 Å². The second-order valence-corrected chi connectivity index (χ2v) is 5.56. The summed E-state index contributed by atoms with van der Waals surface area (Å²) in [6.45, 7) is 9.61. The smallest absolute Gasteiger partial charge is 0.0659 e. The van der Waals surface area contributed by atoms with Crippen LogP contribution in [0.4, 0.5) is 0 Å². The van der Waals surface area contributed by atoms with Crippen LogP contribution in [0.25, 0.3) is 0 Å². The first kappa shape index (κ1) is 11.9. The van der Waals surface area contributed by atoms with Crippen LogP contribution in [0.3, 0.4) is 0 Å². The Morgan fingerprint density at radius 3 is 2.29 bits per heavy atom. The number of aryl methyl sites for hydroxylation is 1. The number of hydrogen-bond donors (Lipinski definition) is 0. The van der Waals surface area contributed by atoms with Gasteiger partial charge in [-0.05, 0) is 23.5 Å². The Hall–Kier alpha value is -1.57. The van der Waals surface area contributed by atoms with Gasteiger partial charge in [0.25, 0.3) is 0 Å². The minimum absolute atomic E-state index is 0.166. The fraction of sp³-hybridized carbons (Fsp3) is 0.400. The van der Waals surface area contributed by atoms with Crippen molar-refractivity contribution in [1.29, 1.82) is 0 Å². The van der Waals surface area contributed by atoms with Crippen molar-refractivity contribution in [3.8, 4) is 0 Å². The molecule has 0 bridgehead atoms. The summed E-state index contributed by atoms with van der Waals surface area (Å²) in [5, 5.41) is 4.59. The molecular weight excluding hydrogens is 208 g/mol. The van der Waals surface area contributed by atoms with Crippen LogP contribution in [-0.4, -0.2) is 9.78 Å². The van der Waals surface area contributed by atoms with E-state index < -0.39 is 0 Å². The molecule has 0 radical (unpaired) electrons. The van der Waals surface area contributed by atoms with Crippen LogP contribution in [-0.2, 0) is 12.0 Å². The first-order valence-corrected chi connectivity index (χ1v) is 6.05. The maximum Gasteiger partial charge on any atom is 0.0659 e. The molecule has 0 atom stereocenters.